The van der Waals surface area contributed by atoms with E-state index in [1.807, 2.05) is 13.0 Å². The van der Waals surface area contributed by atoms with Crippen LogP contribution in [0.25, 0.3) is 11.3 Å². The number of hydrogen-bond donors (Lipinski definition) is 1. The van der Waals surface area contributed by atoms with Crippen molar-refractivity contribution in [2.75, 3.05) is 7.11 Å². The Hall–Kier alpha value is -2.30. The number of nitrogens with zero attached hydrogens (tertiary/aromatic N) is 1. The van der Waals surface area contributed by atoms with E-state index in [0.29, 0.717) is 17.0 Å². The highest BCUT2D eigenvalue weighted by molar-refractivity contribution is 5.95. The van der Waals surface area contributed by atoms with Crippen LogP contribution in [0.3, 0.4) is 0 Å². The molecule has 1 heterocycles. The quantitative estimate of drug-likeness (QED) is 0.902. The Morgan fingerprint density at radius 1 is 1.39 bits per heavy atom. The molecule has 0 radical (unpaired) electrons. The standard InChI is InChI=1S/C13H13NO4/c1-7-6-9(4-5-10(7)17-3)12-11(13(15)16)8(2)18-14-12/h4-6H,1-3H3,(H,15,16). The molecule has 5 heteroatoms. The lowest BCUT2D eigenvalue weighted by molar-refractivity contribution is 0.0696. The summed E-state index contributed by atoms with van der Waals surface area (Å²) in [5, 5.41) is 12.9. The highest BCUT2D eigenvalue weighted by Gasteiger charge is 2.21. The van der Waals surface area contributed by atoms with Crippen molar-refractivity contribution in [1.82, 2.24) is 5.16 Å². The number of benzene rings is 1. The molecule has 2 rings (SSSR count). The smallest absolute Gasteiger partial charge is 0.341 e. The number of hydrogen-bond acceptors (Lipinski definition) is 4. The minimum atomic E-state index is -1.04. The van der Waals surface area contributed by atoms with Gasteiger partial charge in [-0.25, -0.2) is 4.79 Å². The second kappa shape index (κ2) is 4.52. The second-order valence-corrected chi connectivity index (χ2v) is 3.95. The van der Waals surface area contributed by atoms with Gasteiger partial charge >= 0.3 is 5.97 Å². The first-order valence-electron chi connectivity index (χ1n) is 5.39. The average molecular weight is 247 g/mol. The molecule has 0 bridgehead atoms. The van der Waals surface area contributed by atoms with Gasteiger partial charge in [0.15, 0.2) is 0 Å². The van der Waals surface area contributed by atoms with E-state index in [2.05, 4.69) is 5.16 Å². The zero-order valence-corrected chi connectivity index (χ0v) is 10.4. The molecule has 0 aliphatic carbocycles. The van der Waals surface area contributed by atoms with Crippen LogP contribution in [0, 0.1) is 13.8 Å². The van der Waals surface area contributed by atoms with Gasteiger partial charge in [0, 0.05) is 5.56 Å². The Kier molecular flexibility index (Phi) is 3.06. The van der Waals surface area contributed by atoms with Crippen LogP contribution in [-0.4, -0.2) is 23.3 Å². The summed E-state index contributed by atoms with van der Waals surface area (Å²) in [6.07, 6.45) is 0. The van der Waals surface area contributed by atoms with Crippen LogP contribution in [0.5, 0.6) is 5.75 Å². The minimum Gasteiger partial charge on any atom is -0.496 e. The lowest BCUT2D eigenvalue weighted by Crippen LogP contribution is -1.99. The van der Waals surface area contributed by atoms with Gasteiger partial charge in [-0.3, -0.25) is 0 Å². The molecule has 0 aliphatic rings. The van der Waals surface area contributed by atoms with E-state index in [-0.39, 0.29) is 5.56 Å². The summed E-state index contributed by atoms with van der Waals surface area (Å²) in [6.45, 7) is 3.46. The first-order chi connectivity index (χ1) is 8.54. The number of ether oxygens (including phenoxy) is 1. The number of aromatic carboxylic acids is 1. The van der Waals surface area contributed by atoms with Crippen molar-refractivity contribution in [2.24, 2.45) is 0 Å². The summed E-state index contributed by atoms with van der Waals surface area (Å²) < 4.78 is 10.1. The Bertz CT molecular complexity index is 601. The lowest BCUT2D eigenvalue weighted by Gasteiger charge is -2.06. The van der Waals surface area contributed by atoms with Gasteiger partial charge in [-0.1, -0.05) is 5.16 Å². The maximum Gasteiger partial charge on any atom is 0.341 e. The van der Waals surface area contributed by atoms with E-state index >= 15 is 0 Å². The third kappa shape index (κ3) is 1.95. The molecule has 0 unspecified atom stereocenters. The molecule has 0 saturated heterocycles. The molecule has 0 spiro atoms. The Morgan fingerprint density at radius 3 is 2.67 bits per heavy atom. The number of carboxylic acid groups (broad SMARTS) is 1. The lowest BCUT2D eigenvalue weighted by atomic mass is 10.0. The highest BCUT2D eigenvalue weighted by atomic mass is 16.5. The van der Waals surface area contributed by atoms with E-state index in [9.17, 15) is 4.79 Å². The normalized spacial score (nSPS) is 10.4. The molecule has 0 atom stereocenters. The number of rotatable bonds is 3. The van der Waals surface area contributed by atoms with Crippen LogP contribution in [0.15, 0.2) is 22.7 Å². The topological polar surface area (TPSA) is 72.6 Å². The van der Waals surface area contributed by atoms with Crippen molar-refractivity contribution >= 4 is 5.97 Å². The number of methoxy groups -OCH3 is 1. The molecule has 0 amide bonds. The zero-order valence-electron chi connectivity index (χ0n) is 10.4. The summed E-state index contributed by atoms with van der Waals surface area (Å²) in [4.78, 5) is 11.2. The predicted octanol–water partition coefficient (Wildman–Crippen LogP) is 2.67. The summed E-state index contributed by atoms with van der Waals surface area (Å²) in [5.41, 5.74) is 2.04. The van der Waals surface area contributed by atoms with Gasteiger partial charge in [0.2, 0.25) is 0 Å². The third-order valence-corrected chi connectivity index (χ3v) is 2.74. The molecule has 0 fully saturated rings. The molecule has 0 aliphatic heterocycles. The SMILES string of the molecule is COc1ccc(-c2noc(C)c2C(=O)O)cc1C. The predicted molar refractivity (Wildman–Crippen MR) is 64.9 cm³/mol. The van der Waals surface area contributed by atoms with E-state index in [1.54, 1.807) is 26.2 Å². The maximum absolute atomic E-state index is 11.2. The van der Waals surface area contributed by atoms with Crippen LogP contribution in [-0.2, 0) is 0 Å². The van der Waals surface area contributed by atoms with Gasteiger partial charge in [0.05, 0.1) is 7.11 Å². The molecule has 18 heavy (non-hydrogen) atoms. The second-order valence-electron chi connectivity index (χ2n) is 3.95. The van der Waals surface area contributed by atoms with Crippen LogP contribution in [0.4, 0.5) is 0 Å². The largest absolute Gasteiger partial charge is 0.496 e. The van der Waals surface area contributed by atoms with Crippen molar-refractivity contribution in [3.63, 3.8) is 0 Å². The fraction of sp³-hybridized carbons (Fsp3) is 0.231. The monoisotopic (exact) mass is 247 g/mol. The molecular weight excluding hydrogens is 234 g/mol. The van der Waals surface area contributed by atoms with Gasteiger partial charge in [0.25, 0.3) is 0 Å². The van der Waals surface area contributed by atoms with Gasteiger partial charge in [0.1, 0.15) is 22.8 Å². The molecular formula is C13H13NO4. The molecule has 0 saturated carbocycles. The van der Waals surface area contributed by atoms with Crippen molar-refractivity contribution in [3.8, 4) is 17.0 Å². The molecule has 5 nitrogen and oxygen atoms in total. The van der Waals surface area contributed by atoms with Crippen molar-refractivity contribution in [2.45, 2.75) is 13.8 Å². The minimum absolute atomic E-state index is 0.0968. The number of carboxylic acids is 1. The van der Waals surface area contributed by atoms with Gasteiger partial charge in [-0.2, -0.15) is 0 Å². The van der Waals surface area contributed by atoms with Crippen LogP contribution in [0.2, 0.25) is 0 Å². The Morgan fingerprint density at radius 2 is 2.11 bits per heavy atom. The van der Waals surface area contributed by atoms with Gasteiger partial charge in [-0.15, -0.1) is 0 Å². The van der Waals surface area contributed by atoms with E-state index < -0.39 is 5.97 Å². The van der Waals surface area contributed by atoms with E-state index in [1.165, 1.54) is 0 Å². The average Bonchev–Trinajstić information content (AvgIpc) is 2.71. The van der Waals surface area contributed by atoms with Gasteiger partial charge in [-0.05, 0) is 37.6 Å². The Balaban J connectivity index is 2.56. The Labute approximate surface area is 104 Å². The first kappa shape index (κ1) is 12.2. The summed E-state index contributed by atoms with van der Waals surface area (Å²) in [7, 11) is 1.59. The molecule has 1 aromatic heterocycles. The van der Waals surface area contributed by atoms with Gasteiger partial charge < -0.3 is 14.4 Å². The third-order valence-electron chi connectivity index (χ3n) is 2.74. The molecule has 2 aromatic rings. The fourth-order valence-electron chi connectivity index (χ4n) is 1.85. The van der Waals surface area contributed by atoms with E-state index in [4.69, 9.17) is 14.4 Å². The number of aryl methyl sites for hydroxylation is 2. The van der Waals surface area contributed by atoms with Crippen LogP contribution < -0.4 is 4.74 Å². The maximum atomic E-state index is 11.2. The van der Waals surface area contributed by atoms with Crippen LogP contribution >= 0.6 is 0 Å². The zero-order chi connectivity index (χ0) is 13.3. The van der Waals surface area contributed by atoms with Crippen molar-refractivity contribution in [3.05, 3.63) is 35.1 Å². The summed E-state index contributed by atoms with van der Waals surface area (Å²) in [6, 6.07) is 5.36. The number of carbonyl (C=O) groups is 1. The van der Waals surface area contributed by atoms with Crippen molar-refractivity contribution in [1.29, 1.82) is 0 Å². The van der Waals surface area contributed by atoms with Crippen molar-refractivity contribution < 1.29 is 19.2 Å². The first-order valence-corrected chi connectivity index (χ1v) is 5.39. The highest BCUT2D eigenvalue weighted by Crippen LogP contribution is 2.29. The summed E-state index contributed by atoms with van der Waals surface area (Å²) >= 11 is 0. The molecule has 94 valence electrons. The fourth-order valence-corrected chi connectivity index (χ4v) is 1.85. The number of aromatic nitrogens is 1. The molecule has 1 N–H and O–H groups in total. The van der Waals surface area contributed by atoms with E-state index in [0.717, 1.165) is 11.3 Å². The molecule has 1 aromatic carbocycles. The summed E-state index contributed by atoms with van der Waals surface area (Å²) in [5.74, 6) is -0.000894. The van der Waals surface area contributed by atoms with Crippen LogP contribution in [0.1, 0.15) is 21.7 Å².